The molecule has 1 aliphatic rings. The molecule has 0 saturated heterocycles. The van der Waals surface area contributed by atoms with E-state index in [1.807, 2.05) is 6.26 Å². The largest absolute Gasteiger partial charge is 0.391 e. The Hall–Kier alpha value is -0.430. The van der Waals surface area contributed by atoms with E-state index in [1.165, 1.54) is 0 Å². The lowest BCUT2D eigenvalue weighted by atomic mass is 9.85. The number of thioether (sulfide) groups is 1. The van der Waals surface area contributed by atoms with Gasteiger partial charge in [-0.3, -0.25) is 4.79 Å². The summed E-state index contributed by atoms with van der Waals surface area (Å²) in [6.07, 6.45) is -0.464. The second kappa shape index (κ2) is 7.38. The van der Waals surface area contributed by atoms with Gasteiger partial charge in [0.1, 0.15) is 0 Å². The third kappa shape index (κ3) is 5.60. The summed E-state index contributed by atoms with van der Waals surface area (Å²) in [5, 5.41) is 2.66. The highest BCUT2D eigenvalue weighted by molar-refractivity contribution is 7.98. The summed E-state index contributed by atoms with van der Waals surface area (Å²) in [7, 11) is 0. The van der Waals surface area contributed by atoms with Crippen molar-refractivity contribution in [2.24, 2.45) is 11.7 Å². The highest BCUT2D eigenvalue weighted by Crippen LogP contribution is 2.37. The zero-order valence-electron chi connectivity index (χ0n) is 11.0. The van der Waals surface area contributed by atoms with Crippen LogP contribution in [0.5, 0.6) is 0 Å². The van der Waals surface area contributed by atoms with Crippen molar-refractivity contribution in [1.29, 1.82) is 0 Å². The van der Waals surface area contributed by atoms with Crippen LogP contribution in [-0.4, -0.2) is 36.2 Å². The van der Waals surface area contributed by atoms with Crippen LogP contribution in [0.1, 0.15) is 32.1 Å². The molecule has 1 aliphatic carbocycles. The van der Waals surface area contributed by atoms with Crippen molar-refractivity contribution in [3.63, 3.8) is 0 Å². The van der Waals surface area contributed by atoms with Crippen LogP contribution in [0.4, 0.5) is 13.2 Å². The number of hydrogen-bond acceptors (Lipinski definition) is 3. The molecule has 0 heterocycles. The Kier molecular flexibility index (Phi) is 6.46. The van der Waals surface area contributed by atoms with E-state index in [9.17, 15) is 18.0 Å². The number of alkyl halides is 3. The molecule has 3 nitrogen and oxygen atoms in total. The molecule has 0 radical (unpaired) electrons. The summed E-state index contributed by atoms with van der Waals surface area (Å²) >= 11 is 1.59. The second-order valence-corrected chi connectivity index (χ2v) is 5.98. The smallest absolute Gasteiger partial charge is 0.352 e. The van der Waals surface area contributed by atoms with Crippen molar-refractivity contribution in [2.75, 3.05) is 12.0 Å². The molecule has 112 valence electrons. The van der Waals surface area contributed by atoms with E-state index in [4.69, 9.17) is 5.73 Å². The minimum Gasteiger partial charge on any atom is -0.352 e. The Morgan fingerprint density at radius 1 is 1.47 bits per heavy atom. The first-order valence-electron chi connectivity index (χ1n) is 6.46. The number of carbonyl (C=O) groups is 1. The molecule has 1 rings (SSSR count). The number of hydrogen-bond donors (Lipinski definition) is 2. The van der Waals surface area contributed by atoms with Gasteiger partial charge in [0.05, 0.1) is 12.0 Å². The average molecular weight is 298 g/mol. The monoisotopic (exact) mass is 298 g/mol. The van der Waals surface area contributed by atoms with Gasteiger partial charge in [-0.15, -0.1) is 0 Å². The van der Waals surface area contributed by atoms with Crippen LogP contribution in [0.3, 0.4) is 0 Å². The van der Waals surface area contributed by atoms with Crippen molar-refractivity contribution < 1.29 is 18.0 Å². The van der Waals surface area contributed by atoms with E-state index < -0.39 is 24.2 Å². The summed E-state index contributed by atoms with van der Waals surface area (Å²) in [6.45, 7) is 0. The maximum atomic E-state index is 12.6. The van der Waals surface area contributed by atoms with Gasteiger partial charge in [0, 0.05) is 6.04 Å². The molecule has 7 heteroatoms. The van der Waals surface area contributed by atoms with E-state index in [-0.39, 0.29) is 18.7 Å². The summed E-state index contributed by atoms with van der Waals surface area (Å²) in [5.74, 6) is -0.861. The fourth-order valence-electron chi connectivity index (χ4n) is 2.30. The van der Waals surface area contributed by atoms with Gasteiger partial charge < -0.3 is 11.1 Å². The molecule has 0 aliphatic heterocycles. The molecule has 3 atom stereocenters. The molecule has 0 bridgehead atoms. The maximum absolute atomic E-state index is 12.6. The van der Waals surface area contributed by atoms with Crippen LogP contribution < -0.4 is 11.1 Å². The van der Waals surface area contributed by atoms with E-state index in [0.29, 0.717) is 19.3 Å². The molecule has 1 amide bonds. The summed E-state index contributed by atoms with van der Waals surface area (Å²) in [6, 6.07) is -1.02. The lowest BCUT2D eigenvalue weighted by Gasteiger charge is -2.31. The molecule has 2 unspecified atom stereocenters. The SMILES string of the molecule is CSCC[C@@H](N)C(=O)NC1CCCC(C(F)(F)F)C1. The summed E-state index contributed by atoms with van der Waals surface area (Å²) in [5.41, 5.74) is 5.69. The molecule has 0 aromatic rings. The average Bonchev–Trinajstić information content (AvgIpc) is 2.35. The molecule has 1 saturated carbocycles. The molecule has 1 fully saturated rings. The first-order valence-corrected chi connectivity index (χ1v) is 7.85. The molecule has 0 aromatic carbocycles. The second-order valence-electron chi connectivity index (χ2n) is 5.00. The highest BCUT2D eigenvalue weighted by Gasteiger charge is 2.42. The Morgan fingerprint density at radius 3 is 2.74 bits per heavy atom. The predicted molar refractivity (Wildman–Crippen MR) is 70.9 cm³/mol. The van der Waals surface area contributed by atoms with Gasteiger partial charge in [0.2, 0.25) is 5.91 Å². The van der Waals surface area contributed by atoms with Crippen LogP contribution in [0.15, 0.2) is 0 Å². The topological polar surface area (TPSA) is 55.1 Å². The predicted octanol–water partition coefficient (Wildman–Crippen LogP) is 2.30. The number of nitrogens with one attached hydrogen (secondary N) is 1. The first-order chi connectivity index (χ1) is 8.84. The molecular formula is C12H21F3N2OS. The minimum atomic E-state index is -4.16. The number of nitrogens with two attached hydrogens (primary N) is 1. The van der Waals surface area contributed by atoms with Gasteiger partial charge in [-0.25, -0.2) is 0 Å². The van der Waals surface area contributed by atoms with Crippen LogP contribution in [0.25, 0.3) is 0 Å². The third-order valence-corrected chi connectivity index (χ3v) is 4.10. The summed E-state index contributed by atoms with van der Waals surface area (Å²) < 4.78 is 37.9. The van der Waals surface area contributed by atoms with Crippen molar-refractivity contribution in [1.82, 2.24) is 5.32 Å². The van der Waals surface area contributed by atoms with Gasteiger partial charge >= 0.3 is 6.18 Å². The fraction of sp³-hybridized carbons (Fsp3) is 0.917. The number of carbonyl (C=O) groups excluding carboxylic acids is 1. The Bertz CT molecular complexity index is 299. The lowest BCUT2D eigenvalue weighted by Crippen LogP contribution is -2.48. The van der Waals surface area contributed by atoms with Gasteiger partial charge in [-0.05, 0) is 37.7 Å². The van der Waals surface area contributed by atoms with Crippen molar-refractivity contribution in [2.45, 2.75) is 50.4 Å². The quantitative estimate of drug-likeness (QED) is 0.819. The van der Waals surface area contributed by atoms with Crippen LogP contribution in [0, 0.1) is 5.92 Å². The zero-order valence-corrected chi connectivity index (χ0v) is 11.8. The van der Waals surface area contributed by atoms with Gasteiger partial charge in [0.15, 0.2) is 0 Å². The zero-order chi connectivity index (χ0) is 14.5. The van der Waals surface area contributed by atoms with Crippen molar-refractivity contribution in [3.05, 3.63) is 0 Å². The van der Waals surface area contributed by atoms with Crippen LogP contribution >= 0.6 is 11.8 Å². The maximum Gasteiger partial charge on any atom is 0.391 e. The van der Waals surface area contributed by atoms with E-state index in [0.717, 1.165) is 5.75 Å². The molecule has 0 spiro atoms. The lowest BCUT2D eigenvalue weighted by molar-refractivity contribution is -0.184. The number of amides is 1. The van der Waals surface area contributed by atoms with E-state index in [1.54, 1.807) is 11.8 Å². The van der Waals surface area contributed by atoms with Gasteiger partial charge in [-0.1, -0.05) is 6.42 Å². The standard InChI is InChI=1S/C12H21F3N2OS/c1-19-6-5-10(16)11(18)17-9-4-2-3-8(7-9)12(13,14)15/h8-10H,2-7,16H2,1H3,(H,17,18)/t8?,9?,10-/m1/s1. The molecule has 0 aromatic heterocycles. The van der Waals surface area contributed by atoms with E-state index >= 15 is 0 Å². The number of halogens is 3. The van der Waals surface area contributed by atoms with Crippen LogP contribution in [-0.2, 0) is 4.79 Å². The molecule has 3 N–H and O–H groups in total. The van der Waals surface area contributed by atoms with Gasteiger partial charge in [-0.2, -0.15) is 24.9 Å². The minimum absolute atomic E-state index is 0.0233. The van der Waals surface area contributed by atoms with Crippen molar-refractivity contribution in [3.8, 4) is 0 Å². The Labute approximate surface area is 115 Å². The first kappa shape index (κ1) is 16.6. The summed E-state index contributed by atoms with van der Waals surface area (Å²) in [4.78, 5) is 11.7. The van der Waals surface area contributed by atoms with E-state index in [2.05, 4.69) is 5.32 Å². The normalized spacial score (nSPS) is 25.9. The Balaban J connectivity index is 2.42. The molecular weight excluding hydrogens is 277 g/mol. The highest BCUT2D eigenvalue weighted by atomic mass is 32.2. The van der Waals surface area contributed by atoms with Gasteiger partial charge in [0.25, 0.3) is 0 Å². The Morgan fingerprint density at radius 2 is 2.16 bits per heavy atom. The fourth-order valence-corrected chi connectivity index (χ4v) is 2.79. The molecule has 19 heavy (non-hydrogen) atoms. The third-order valence-electron chi connectivity index (χ3n) is 3.45. The van der Waals surface area contributed by atoms with Crippen molar-refractivity contribution >= 4 is 17.7 Å². The van der Waals surface area contributed by atoms with Crippen LogP contribution in [0.2, 0.25) is 0 Å². The number of rotatable bonds is 5.